The smallest absolute Gasteiger partial charge is 0.229 e. The van der Waals surface area contributed by atoms with Gasteiger partial charge in [0.25, 0.3) is 0 Å². The van der Waals surface area contributed by atoms with Crippen LogP contribution in [0, 0.1) is 18.3 Å². The number of hydrogen-bond donors (Lipinski definition) is 0. The Bertz CT molecular complexity index is 964. The summed E-state index contributed by atoms with van der Waals surface area (Å²) in [6.45, 7) is 2.47. The Labute approximate surface area is 168 Å². The lowest BCUT2D eigenvalue weighted by atomic mass is 9.86. The van der Waals surface area contributed by atoms with Crippen molar-refractivity contribution >= 4 is 35.0 Å². The maximum Gasteiger partial charge on any atom is 0.229 e. The third kappa shape index (κ3) is 3.43. The Morgan fingerprint density at radius 3 is 2.70 bits per heavy atom. The highest BCUT2D eigenvalue weighted by Crippen LogP contribution is 2.43. The summed E-state index contributed by atoms with van der Waals surface area (Å²) in [4.78, 5) is 16.7. The van der Waals surface area contributed by atoms with Crippen molar-refractivity contribution in [2.75, 3.05) is 17.4 Å². The largest absolute Gasteiger partial charge is 0.344 e. The molecule has 1 amide bonds. The number of nitrogens with zero attached hydrogens (tertiary/aromatic N) is 3. The van der Waals surface area contributed by atoms with Gasteiger partial charge >= 0.3 is 0 Å². The van der Waals surface area contributed by atoms with Crippen LogP contribution in [0.4, 0.5) is 5.69 Å². The monoisotopic (exact) mass is 395 g/mol. The van der Waals surface area contributed by atoms with E-state index in [-0.39, 0.29) is 11.8 Å². The van der Waals surface area contributed by atoms with Crippen LogP contribution in [0.5, 0.6) is 0 Å². The standard InChI is InChI=1S/C21H18ClN3OS/c1-14-5-7-15(8-6-14)18-10-20(26)25-12-24(13-27-21(25)19(18)11-23)17-4-2-3-16(22)9-17/h2-9,18H,10,12-13H2,1H3. The summed E-state index contributed by atoms with van der Waals surface area (Å²) in [7, 11) is 0. The normalized spacial score (nSPS) is 19.7. The molecule has 0 aromatic heterocycles. The second-order valence-corrected chi connectivity index (χ2v) is 8.12. The second kappa shape index (κ2) is 7.30. The van der Waals surface area contributed by atoms with Crippen molar-refractivity contribution in [2.45, 2.75) is 19.3 Å². The zero-order chi connectivity index (χ0) is 19.0. The molecule has 0 aliphatic carbocycles. The molecule has 1 fully saturated rings. The Kier molecular flexibility index (Phi) is 4.86. The van der Waals surface area contributed by atoms with Gasteiger partial charge in [0.05, 0.1) is 29.2 Å². The fraction of sp³-hybridized carbons (Fsp3) is 0.238. The van der Waals surface area contributed by atoms with Crippen molar-refractivity contribution in [3.05, 3.63) is 75.3 Å². The van der Waals surface area contributed by atoms with Gasteiger partial charge in [0.2, 0.25) is 5.91 Å². The first-order valence-corrected chi connectivity index (χ1v) is 10.1. The summed E-state index contributed by atoms with van der Waals surface area (Å²) in [5.74, 6) is 0.555. The van der Waals surface area contributed by atoms with Crippen LogP contribution in [0.15, 0.2) is 59.1 Å². The van der Waals surface area contributed by atoms with Crippen LogP contribution in [-0.4, -0.2) is 23.4 Å². The molecule has 1 atom stereocenters. The molecule has 0 radical (unpaired) electrons. The van der Waals surface area contributed by atoms with E-state index in [1.807, 2.05) is 55.5 Å². The summed E-state index contributed by atoms with van der Waals surface area (Å²) >= 11 is 7.65. The summed E-state index contributed by atoms with van der Waals surface area (Å²) in [6, 6.07) is 18.1. The van der Waals surface area contributed by atoms with E-state index in [0.29, 0.717) is 29.6 Å². The predicted octanol–water partition coefficient (Wildman–Crippen LogP) is 4.87. The summed E-state index contributed by atoms with van der Waals surface area (Å²) in [5, 5.41) is 11.3. The molecule has 0 N–H and O–H groups in total. The lowest BCUT2D eigenvalue weighted by Crippen LogP contribution is -2.47. The molecule has 1 unspecified atom stereocenters. The molecule has 4 nitrogen and oxygen atoms in total. The molecular weight excluding hydrogens is 378 g/mol. The van der Waals surface area contributed by atoms with Crippen LogP contribution in [0.1, 0.15) is 23.5 Å². The minimum atomic E-state index is -0.167. The van der Waals surface area contributed by atoms with Crippen LogP contribution in [0.3, 0.4) is 0 Å². The van der Waals surface area contributed by atoms with Gasteiger partial charge in [0, 0.05) is 23.0 Å². The zero-order valence-corrected chi connectivity index (χ0v) is 16.4. The third-order valence-electron chi connectivity index (χ3n) is 4.95. The highest BCUT2D eigenvalue weighted by Gasteiger charge is 2.38. The number of amides is 1. The second-order valence-electron chi connectivity index (χ2n) is 6.75. The van der Waals surface area contributed by atoms with E-state index in [2.05, 4.69) is 11.0 Å². The van der Waals surface area contributed by atoms with Crippen LogP contribution < -0.4 is 4.90 Å². The highest BCUT2D eigenvalue weighted by atomic mass is 35.5. The minimum Gasteiger partial charge on any atom is -0.344 e. The average Bonchev–Trinajstić information content (AvgIpc) is 2.68. The van der Waals surface area contributed by atoms with Crippen molar-refractivity contribution in [1.82, 2.24) is 4.90 Å². The van der Waals surface area contributed by atoms with Gasteiger partial charge in [-0.15, -0.1) is 0 Å². The van der Waals surface area contributed by atoms with E-state index in [1.54, 1.807) is 4.90 Å². The molecule has 2 aromatic rings. The molecule has 0 spiro atoms. The highest BCUT2D eigenvalue weighted by molar-refractivity contribution is 8.03. The van der Waals surface area contributed by atoms with Crippen LogP contribution in [0.25, 0.3) is 0 Å². The van der Waals surface area contributed by atoms with Crippen LogP contribution in [-0.2, 0) is 4.79 Å². The zero-order valence-electron chi connectivity index (χ0n) is 14.9. The predicted molar refractivity (Wildman–Crippen MR) is 109 cm³/mol. The number of aryl methyl sites for hydroxylation is 1. The molecule has 2 aliphatic heterocycles. The molecule has 2 heterocycles. The molecule has 1 saturated heterocycles. The van der Waals surface area contributed by atoms with Crippen molar-refractivity contribution in [2.24, 2.45) is 0 Å². The summed E-state index contributed by atoms with van der Waals surface area (Å²) < 4.78 is 0. The van der Waals surface area contributed by atoms with Gasteiger partial charge in [0.1, 0.15) is 0 Å². The number of thioether (sulfide) groups is 1. The Balaban J connectivity index is 1.66. The SMILES string of the molecule is Cc1ccc(C2CC(=O)N3CN(c4cccc(Cl)c4)CSC3=C2C#N)cc1. The van der Waals surface area contributed by atoms with Crippen molar-refractivity contribution in [3.63, 3.8) is 0 Å². The number of nitriles is 1. The van der Waals surface area contributed by atoms with E-state index >= 15 is 0 Å². The number of carbonyl (C=O) groups is 1. The first-order valence-electron chi connectivity index (χ1n) is 8.71. The van der Waals surface area contributed by atoms with Gasteiger partial charge in [0.15, 0.2) is 0 Å². The van der Waals surface area contributed by atoms with Crippen molar-refractivity contribution < 1.29 is 4.79 Å². The molecular formula is C21H18ClN3OS. The van der Waals surface area contributed by atoms with Crippen LogP contribution in [0.2, 0.25) is 5.02 Å². The molecule has 6 heteroatoms. The van der Waals surface area contributed by atoms with Crippen molar-refractivity contribution in [3.8, 4) is 6.07 Å². The fourth-order valence-corrected chi connectivity index (χ4v) is 4.83. The van der Waals surface area contributed by atoms with Gasteiger partial charge in [-0.25, -0.2) is 0 Å². The number of fused-ring (bicyclic) bond motifs is 1. The number of hydrogen-bond acceptors (Lipinski definition) is 4. The fourth-order valence-electron chi connectivity index (χ4n) is 3.48. The van der Waals surface area contributed by atoms with Gasteiger partial charge in [-0.2, -0.15) is 5.26 Å². The van der Waals surface area contributed by atoms with E-state index in [9.17, 15) is 10.1 Å². The van der Waals surface area contributed by atoms with E-state index in [4.69, 9.17) is 11.6 Å². The molecule has 27 heavy (non-hydrogen) atoms. The number of anilines is 1. The molecule has 0 saturated carbocycles. The Morgan fingerprint density at radius 2 is 2.00 bits per heavy atom. The Hall–Kier alpha value is -2.42. The molecule has 136 valence electrons. The van der Waals surface area contributed by atoms with E-state index in [0.717, 1.165) is 21.8 Å². The maximum atomic E-state index is 12.9. The topological polar surface area (TPSA) is 47.3 Å². The lowest BCUT2D eigenvalue weighted by molar-refractivity contribution is -0.129. The average molecular weight is 396 g/mol. The van der Waals surface area contributed by atoms with Gasteiger partial charge in [-0.1, -0.05) is 59.3 Å². The van der Waals surface area contributed by atoms with Crippen LogP contribution >= 0.6 is 23.4 Å². The first kappa shape index (κ1) is 18.0. The van der Waals surface area contributed by atoms with E-state index < -0.39 is 0 Å². The van der Waals surface area contributed by atoms with Gasteiger partial charge in [-0.3, -0.25) is 9.69 Å². The number of halogens is 1. The molecule has 2 aliphatic rings. The molecule has 4 rings (SSSR count). The Morgan fingerprint density at radius 1 is 1.22 bits per heavy atom. The summed E-state index contributed by atoms with van der Waals surface area (Å²) in [6.07, 6.45) is 0.319. The number of rotatable bonds is 2. The van der Waals surface area contributed by atoms with E-state index in [1.165, 1.54) is 11.8 Å². The number of benzene rings is 2. The molecule has 2 aromatic carbocycles. The quantitative estimate of drug-likeness (QED) is 0.727. The minimum absolute atomic E-state index is 0.0498. The number of allylic oxidation sites excluding steroid dienone is 1. The number of carbonyl (C=O) groups excluding carboxylic acids is 1. The van der Waals surface area contributed by atoms with Crippen molar-refractivity contribution in [1.29, 1.82) is 5.26 Å². The third-order valence-corrected chi connectivity index (χ3v) is 6.34. The summed E-state index contributed by atoms with van der Waals surface area (Å²) in [5.41, 5.74) is 3.85. The van der Waals surface area contributed by atoms with Gasteiger partial charge < -0.3 is 4.90 Å². The molecule has 0 bridgehead atoms. The first-order chi connectivity index (χ1) is 13.1. The maximum absolute atomic E-state index is 12.9. The van der Waals surface area contributed by atoms with Gasteiger partial charge in [-0.05, 0) is 30.7 Å². The lowest BCUT2D eigenvalue weighted by Gasteiger charge is -2.42.